The second kappa shape index (κ2) is 6.86. The molecule has 1 unspecified atom stereocenters. The highest BCUT2D eigenvalue weighted by Gasteiger charge is 2.27. The van der Waals surface area contributed by atoms with Crippen molar-refractivity contribution in [3.63, 3.8) is 0 Å². The van der Waals surface area contributed by atoms with E-state index in [0.29, 0.717) is 25.3 Å². The van der Waals surface area contributed by atoms with Gasteiger partial charge in [-0.05, 0) is 40.8 Å². The molecule has 0 aliphatic carbocycles. The van der Waals surface area contributed by atoms with Crippen LogP contribution in [0, 0.1) is 3.57 Å². The van der Waals surface area contributed by atoms with Gasteiger partial charge in [-0.15, -0.1) is 0 Å². The summed E-state index contributed by atoms with van der Waals surface area (Å²) in [4.78, 5) is 24.9. The van der Waals surface area contributed by atoms with E-state index in [1.807, 2.05) is 12.1 Å². The predicted octanol–water partition coefficient (Wildman–Crippen LogP) is 2.37. The Hall–Kier alpha value is -0.670. The maximum Gasteiger partial charge on any atom is 0.306 e. The Morgan fingerprint density at radius 2 is 2.25 bits per heavy atom. The number of carboxylic acids is 1. The molecule has 5 nitrogen and oxygen atoms in total. The van der Waals surface area contributed by atoms with Gasteiger partial charge in [0.1, 0.15) is 0 Å². The van der Waals surface area contributed by atoms with Crippen molar-refractivity contribution in [3.8, 4) is 0 Å². The molecule has 0 spiro atoms. The number of hydrogen-bond donors (Lipinski definition) is 1. The number of ether oxygens (including phenoxy) is 1. The summed E-state index contributed by atoms with van der Waals surface area (Å²) in [6.45, 7) is 1.17. The first kappa shape index (κ1) is 15.7. The van der Waals surface area contributed by atoms with Gasteiger partial charge in [0.05, 0.1) is 24.7 Å². The van der Waals surface area contributed by atoms with E-state index in [9.17, 15) is 9.59 Å². The number of carboxylic acid groups (broad SMARTS) is 1. The number of rotatable bonds is 3. The van der Waals surface area contributed by atoms with Crippen molar-refractivity contribution in [2.45, 2.75) is 12.5 Å². The van der Waals surface area contributed by atoms with Crippen LogP contribution in [-0.4, -0.2) is 47.7 Å². The van der Waals surface area contributed by atoms with Crippen LogP contribution >= 0.6 is 38.5 Å². The van der Waals surface area contributed by atoms with Crippen LogP contribution in [0.3, 0.4) is 0 Å². The molecule has 0 aromatic heterocycles. The number of morpholine rings is 1. The van der Waals surface area contributed by atoms with E-state index in [0.717, 1.165) is 8.04 Å². The van der Waals surface area contributed by atoms with Crippen LogP contribution in [0.4, 0.5) is 0 Å². The van der Waals surface area contributed by atoms with Gasteiger partial charge in [0.25, 0.3) is 5.91 Å². The van der Waals surface area contributed by atoms with Crippen LogP contribution in [0.2, 0.25) is 0 Å². The average molecular weight is 454 g/mol. The van der Waals surface area contributed by atoms with Gasteiger partial charge in [0.2, 0.25) is 0 Å². The molecular weight excluding hydrogens is 441 g/mol. The van der Waals surface area contributed by atoms with Gasteiger partial charge in [0, 0.05) is 21.1 Å². The van der Waals surface area contributed by atoms with Crippen molar-refractivity contribution in [2.75, 3.05) is 19.7 Å². The summed E-state index contributed by atoms with van der Waals surface area (Å²) in [5.74, 6) is -1.00. The molecule has 2 rings (SSSR count). The minimum absolute atomic E-state index is 0.0840. The average Bonchev–Trinajstić information content (AvgIpc) is 2.40. The third kappa shape index (κ3) is 3.92. The topological polar surface area (TPSA) is 66.8 Å². The molecule has 7 heteroatoms. The number of hydrogen-bond acceptors (Lipinski definition) is 3. The molecule has 1 N–H and O–H groups in total. The zero-order chi connectivity index (χ0) is 14.7. The smallest absolute Gasteiger partial charge is 0.306 e. The maximum atomic E-state index is 12.5. The van der Waals surface area contributed by atoms with E-state index < -0.39 is 12.1 Å². The summed E-state index contributed by atoms with van der Waals surface area (Å²) < 4.78 is 7.09. The maximum absolute atomic E-state index is 12.5. The van der Waals surface area contributed by atoms with Gasteiger partial charge in [-0.25, -0.2) is 0 Å². The summed E-state index contributed by atoms with van der Waals surface area (Å²) in [5, 5.41) is 8.80. The third-order valence-electron chi connectivity index (χ3n) is 2.99. The molecular formula is C13H13BrINO4. The summed E-state index contributed by atoms with van der Waals surface area (Å²) >= 11 is 5.48. The Kier molecular flexibility index (Phi) is 5.39. The van der Waals surface area contributed by atoms with E-state index in [1.165, 1.54) is 0 Å². The fraction of sp³-hybridized carbons (Fsp3) is 0.385. The van der Waals surface area contributed by atoms with Crippen molar-refractivity contribution in [1.29, 1.82) is 0 Å². The second-order valence-corrected chi connectivity index (χ2v) is 6.54. The molecule has 1 saturated heterocycles. The highest BCUT2D eigenvalue weighted by Crippen LogP contribution is 2.21. The fourth-order valence-electron chi connectivity index (χ4n) is 2.05. The number of amides is 1. The van der Waals surface area contributed by atoms with Crippen LogP contribution in [0.1, 0.15) is 16.8 Å². The molecule has 1 atom stereocenters. The third-order valence-corrected chi connectivity index (χ3v) is 4.42. The molecule has 108 valence electrons. The molecule has 0 bridgehead atoms. The van der Waals surface area contributed by atoms with Gasteiger partial charge in [-0.2, -0.15) is 0 Å². The molecule has 0 radical (unpaired) electrons. The summed E-state index contributed by atoms with van der Waals surface area (Å²) in [5.41, 5.74) is 0.621. The normalized spacial score (nSPS) is 18.9. The van der Waals surface area contributed by atoms with Crippen molar-refractivity contribution < 1.29 is 19.4 Å². The molecule has 0 saturated carbocycles. The van der Waals surface area contributed by atoms with E-state index in [1.54, 1.807) is 11.0 Å². The number of carbonyl (C=O) groups excluding carboxylic acids is 1. The Balaban J connectivity index is 2.12. The van der Waals surface area contributed by atoms with Crippen molar-refractivity contribution in [3.05, 3.63) is 31.8 Å². The van der Waals surface area contributed by atoms with Gasteiger partial charge >= 0.3 is 5.97 Å². The van der Waals surface area contributed by atoms with Gasteiger partial charge in [-0.3, -0.25) is 9.59 Å². The lowest BCUT2D eigenvalue weighted by Crippen LogP contribution is -2.46. The lowest BCUT2D eigenvalue weighted by molar-refractivity contribution is -0.141. The molecule has 1 amide bonds. The summed E-state index contributed by atoms with van der Waals surface area (Å²) in [6.07, 6.45) is -0.519. The molecule has 1 aromatic rings. The van der Waals surface area contributed by atoms with E-state index in [2.05, 4.69) is 38.5 Å². The van der Waals surface area contributed by atoms with Crippen LogP contribution < -0.4 is 0 Å². The first-order valence-electron chi connectivity index (χ1n) is 6.05. The molecule has 1 aliphatic rings. The zero-order valence-electron chi connectivity index (χ0n) is 10.5. The summed E-state index contributed by atoms with van der Waals surface area (Å²) in [6, 6.07) is 5.53. The molecule has 1 aromatic carbocycles. The van der Waals surface area contributed by atoms with Crippen molar-refractivity contribution in [2.24, 2.45) is 0 Å². The summed E-state index contributed by atoms with van der Waals surface area (Å²) in [7, 11) is 0. The lowest BCUT2D eigenvalue weighted by Gasteiger charge is -2.32. The minimum atomic E-state index is -0.915. The van der Waals surface area contributed by atoms with Crippen LogP contribution in [-0.2, 0) is 9.53 Å². The van der Waals surface area contributed by atoms with Crippen LogP contribution in [0.25, 0.3) is 0 Å². The Bertz CT molecular complexity index is 537. The highest BCUT2D eigenvalue weighted by molar-refractivity contribution is 14.1. The first-order valence-corrected chi connectivity index (χ1v) is 7.92. The Labute approximate surface area is 138 Å². The molecule has 1 fully saturated rings. The van der Waals surface area contributed by atoms with Gasteiger partial charge in [0.15, 0.2) is 0 Å². The number of carbonyl (C=O) groups is 2. The monoisotopic (exact) mass is 453 g/mol. The van der Waals surface area contributed by atoms with Gasteiger partial charge < -0.3 is 14.7 Å². The van der Waals surface area contributed by atoms with Crippen LogP contribution in [0.5, 0.6) is 0 Å². The fourth-order valence-corrected chi connectivity index (χ4v) is 2.98. The standard InChI is InChI=1S/C13H13BrINO4/c14-8-1-2-11(15)10(5-8)13(19)16-3-4-20-9(7-16)6-12(17)18/h1-2,5,9H,3-4,6-7H2,(H,17,18). The number of aliphatic carboxylic acids is 1. The van der Waals surface area contributed by atoms with Crippen LogP contribution in [0.15, 0.2) is 22.7 Å². The largest absolute Gasteiger partial charge is 0.481 e. The second-order valence-electron chi connectivity index (χ2n) is 4.47. The Morgan fingerprint density at radius 1 is 1.50 bits per heavy atom. The zero-order valence-corrected chi connectivity index (χ0v) is 14.3. The van der Waals surface area contributed by atoms with Gasteiger partial charge in [-0.1, -0.05) is 15.9 Å². The SMILES string of the molecule is O=C(O)CC1CN(C(=O)c2cc(Br)ccc2I)CCO1. The Morgan fingerprint density at radius 3 is 2.95 bits per heavy atom. The van der Waals surface area contributed by atoms with Crippen molar-refractivity contribution in [1.82, 2.24) is 4.90 Å². The highest BCUT2D eigenvalue weighted by atomic mass is 127. The minimum Gasteiger partial charge on any atom is -0.481 e. The molecule has 20 heavy (non-hydrogen) atoms. The van der Waals surface area contributed by atoms with E-state index in [-0.39, 0.29) is 12.3 Å². The molecule has 1 heterocycles. The quantitative estimate of drug-likeness (QED) is 0.713. The number of halogens is 2. The van der Waals surface area contributed by atoms with Crippen molar-refractivity contribution >= 4 is 50.4 Å². The number of nitrogens with zero attached hydrogens (tertiary/aromatic N) is 1. The van der Waals surface area contributed by atoms with E-state index in [4.69, 9.17) is 9.84 Å². The van der Waals surface area contributed by atoms with E-state index >= 15 is 0 Å². The lowest BCUT2D eigenvalue weighted by atomic mass is 10.1. The predicted molar refractivity (Wildman–Crippen MR) is 84.8 cm³/mol. The first-order chi connectivity index (χ1) is 9.47. The molecule has 1 aliphatic heterocycles. The number of benzene rings is 1.